The molecule has 1 aromatic heterocycles. The molecule has 0 spiro atoms. The lowest BCUT2D eigenvalue weighted by Crippen LogP contribution is -2.39. The zero-order valence-corrected chi connectivity index (χ0v) is 12.0. The number of amides is 1. The number of rotatable bonds is 3. The monoisotopic (exact) mass is 291 g/mol. The van der Waals surface area contributed by atoms with Gasteiger partial charge in [-0.05, 0) is 37.3 Å². The highest BCUT2D eigenvalue weighted by Crippen LogP contribution is 2.21. The van der Waals surface area contributed by atoms with E-state index in [0.29, 0.717) is 11.7 Å². The number of hydrogen-bond donors (Lipinski definition) is 2. The fourth-order valence-electron chi connectivity index (χ4n) is 3.05. The lowest BCUT2D eigenvalue weighted by atomic mass is 10.0. The summed E-state index contributed by atoms with van der Waals surface area (Å²) in [6.07, 6.45) is 6.32. The van der Waals surface area contributed by atoms with Crippen LogP contribution in [0.3, 0.4) is 0 Å². The normalized spacial score (nSPS) is 22.6. The number of fused-ring (bicyclic) bond motifs is 1. The fourth-order valence-corrected chi connectivity index (χ4v) is 3.05. The Morgan fingerprint density at radius 1 is 1.52 bits per heavy atom. The quantitative estimate of drug-likeness (QED) is 0.645. The lowest BCUT2D eigenvalue weighted by molar-refractivity contribution is -0.00826. The third kappa shape index (κ3) is 3.40. The van der Waals surface area contributed by atoms with Gasteiger partial charge in [0, 0.05) is 32.4 Å². The van der Waals surface area contributed by atoms with E-state index in [2.05, 4.69) is 9.88 Å². The van der Waals surface area contributed by atoms with Gasteiger partial charge in [0.05, 0.1) is 17.4 Å². The second-order valence-corrected chi connectivity index (χ2v) is 5.74. The van der Waals surface area contributed by atoms with Crippen LogP contribution in [-0.2, 0) is 17.7 Å². The summed E-state index contributed by atoms with van der Waals surface area (Å²) in [5.74, 6) is -0.511. The van der Waals surface area contributed by atoms with Gasteiger partial charge in [-0.3, -0.25) is 19.9 Å². The Balaban J connectivity index is 1.64. The minimum Gasteiger partial charge on any atom is -0.377 e. The van der Waals surface area contributed by atoms with E-state index >= 15 is 0 Å². The maximum atomic E-state index is 11.4. The summed E-state index contributed by atoms with van der Waals surface area (Å²) in [7, 11) is 0. The molecule has 2 aliphatic rings. The molecule has 1 saturated heterocycles. The van der Waals surface area contributed by atoms with Gasteiger partial charge in [0.2, 0.25) is 0 Å². The topological polar surface area (TPSA) is 74.7 Å². The summed E-state index contributed by atoms with van der Waals surface area (Å²) in [6, 6.07) is 1.82. The fraction of sp³-hybridized carbons (Fsp3) is 0.600. The first kappa shape index (κ1) is 14.4. The molecule has 114 valence electrons. The van der Waals surface area contributed by atoms with Crippen LogP contribution in [0, 0.1) is 0 Å². The Hall–Kier alpha value is -1.50. The molecule has 0 unspecified atom stereocenters. The van der Waals surface area contributed by atoms with Crippen LogP contribution in [0.5, 0.6) is 0 Å². The molecular weight excluding hydrogens is 270 g/mol. The molecule has 0 radical (unpaired) electrons. The summed E-state index contributed by atoms with van der Waals surface area (Å²) in [4.78, 5) is 18.1. The average Bonchev–Trinajstić information content (AvgIpc) is 2.54. The van der Waals surface area contributed by atoms with Crippen LogP contribution in [0.4, 0.5) is 0 Å². The molecule has 6 heteroatoms. The highest BCUT2D eigenvalue weighted by atomic mass is 16.5. The first-order valence-electron chi connectivity index (χ1n) is 7.52. The van der Waals surface area contributed by atoms with E-state index in [1.165, 1.54) is 19.0 Å². The molecule has 1 atom stereocenters. The highest BCUT2D eigenvalue weighted by molar-refractivity contribution is 5.93. The summed E-state index contributed by atoms with van der Waals surface area (Å²) < 4.78 is 5.79. The molecule has 6 nitrogen and oxygen atoms in total. The average molecular weight is 291 g/mol. The molecule has 3 heterocycles. The number of carbonyl (C=O) groups is 1. The Labute approximate surface area is 124 Å². The lowest BCUT2D eigenvalue weighted by Gasteiger charge is -2.32. The first-order chi connectivity index (χ1) is 10.3. The van der Waals surface area contributed by atoms with Crippen LogP contribution in [-0.4, -0.2) is 46.8 Å². The van der Waals surface area contributed by atoms with E-state index in [1.807, 2.05) is 6.07 Å². The number of nitrogens with zero attached hydrogens (tertiary/aromatic N) is 2. The van der Waals surface area contributed by atoms with Gasteiger partial charge < -0.3 is 4.74 Å². The van der Waals surface area contributed by atoms with Crippen LogP contribution in [0.1, 0.15) is 40.9 Å². The first-order valence-corrected chi connectivity index (χ1v) is 7.52. The number of hydrogen-bond acceptors (Lipinski definition) is 5. The standard InChI is InChI=1S/C15H21N3O3/c19-15(17-20)12-7-11-4-5-18(10-14(11)16-8-12)9-13-3-1-2-6-21-13/h7-8,13,20H,1-6,9-10H2,(H,17,19)/t13-/m0/s1. The van der Waals surface area contributed by atoms with Crippen molar-refractivity contribution in [1.82, 2.24) is 15.4 Å². The van der Waals surface area contributed by atoms with E-state index in [1.54, 1.807) is 5.48 Å². The number of carbonyl (C=O) groups excluding carboxylic acids is 1. The molecule has 0 bridgehead atoms. The molecule has 0 saturated carbocycles. The number of aromatic nitrogens is 1. The molecule has 2 aliphatic heterocycles. The third-order valence-corrected chi connectivity index (χ3v) is 4.23. The van der Waals surface area contributed by atoms with Gasteiger partial charge in [-0.25, -0.2) is 5.48 Å². The van der Waals surface area contributed by atoms with Gasteiger partial charge in [0.1, 0.15) is 0 Å². The molecule has 1 amide bonds. The van der Waals surface area contributed by atoms with Crippen molar-refractivity contribution < 1.29 is 14.7 Å². The second-order valence-electron chi connectivity index (χ2n) is 5.74. The molecule has 1 fully saturated rings. The molecule has 1 aromatic rings. The SMILES string of the molecule is O=C(NO)c1cnc2c(c1)CCN(C[C@@H]1CCCCO1)C2. The van der Waals surface area contributed by atoms with Crippen LogP contribution < -0.4 is 5.48 Å². The molecule has 0 aromatic carbocycles. The minimum atomic E-state index is -0.511. The summed E-state index contributed by atoms with van der Waals surface area (Å²) >= 11 is 0. The van der Waals surface area contributed by atoms with Crippen molar-refractivity contribution in [3.8, 4) is 0 Å². The van der Waals surface area contributed by atoms with E-state index in [9.17, 15) is 4.79 Å². The number of hydroxylamine groups is 1. The van der Waals surface area contributed by atoms with Crippen molar-refractivity contribution >= 4 is 5.91 Å². The molecule has 0 aliphatic carbocycles. The van der Waals surface area contributed by atoms with Gasteiger partial charge in [0.15, 0.2) is 0 Å². The maximum absolute atomic E-state index is 11.4. The van der Waals surface area contributed by atoms with E-state index in [4.69, 9.17) is 9.94 Å². The van der Waals surface area contributed by atoms with Gasteiger partial charge in [-0.2, -0.15) is 0 Å². The van der Waals surface area contributed by atoms with Crippen molar-refractivity contribution in [1.29, 1.82) is 0 Å². The van der Waals surface area contributed by atoms with Gasteiger partial charge in [0.25, 0.3) is 5.91 Å². The van der Waals surface area contributed by atoms with Crippen molar-refractivity contribution in [3.63, 3.8) is 0 Å². The summed E-state index contributed by atoms with van der Waals surface area (Å²) in [5.41, 5.74) is 4.16. The van der Waals surface area contributed by atoms with Gasteiger partial charge >= 0.3 is 0 Å². The number of nitrogens with one attached hydrogen (secondary N) is 1. The van der Waals surface area contributed by atoms with Gasteiger partial charge in [-0.1, -0.05) is 0 Å². The number of pyridine rings is 1. The van der Waals surface area contributed by atoms with Crippen molar-refractivity contribution in [2.24, 2.45) is 0 Å². The largest absolute Gasteiger partial charge is 0.377 e. The highest BCUT2D eigenvalue weighted by Gasteiger charge is 2.23. The number of ether oxygens (including phenoxy) is 1. The predicted octanol–water partition coefficient (Wildman–Crippen LogP) is 1.13. The smallest absolute Gasteiger partial charge is 0.276 e. The predicted molar refractivity (Wildman–Crippen MR) is 76.1 cm³/mol. The summed E-state index contributed by atoms with van der Waals surface area (Å²) in [6.45, 7) is 3.60. The maximum Gasteiger partial charge on any atom is 0.276 e. The van der Waals surface area contributed by atoms with Crippen molar-refractivity contribution in [2.45, 2.75) is 38.3 Å². The third-order valence-electron chi connectivity index (χ3n) is 4.23. The zero-order valence-electron chi connectivity index (χ0n) is 12.0. The Morgan fingerprint density at radius 3 is 3.19 bits per heavy atom. The van der Waals surface area contributed by atoms with E-state index < -0.39 is 5.91 Å². The van der Waals surface area contributed by atoms with Crippen LogP contribution >= 0.6 is 0 Å². The molecule has 3 rings (SSSR count). The molecule has 2 N–H and O–H groups in total. The Morgan fingerprint density at radius 2 is 2.43 bits per heavy atom. The Bertz CT molecular complexity index is 515. The van der Waals surface area contributed by atoms with Crippen molar-refractivity contribution in [2.75, 3.05) is 19.7 Å². The Kier molecular flexibility index (Phi) is 4.48. The summed E-state index contributed by atoms with van der Waals surface area (Å²) in [5, 5.41) is 8.67. The minimum absolute atomic E-state index is 0.347. The molecular formula is C15H21N3O3. The van der Waals surface area contributed by atoms with Gasteiger partial charge in [-0.15, -0.1) is 0 Å². The second kappa shape index (κ2) is 6.51. The van der Waals surface area contributed by atoms with Crippen molar-refractivity contribution in [3.05, 3.63) is 29.1 Å². The zero-order chi connectivity index (χ0) is 14.7. The molecule has 21 heavy (non-hydrogen) atoms. The van der Waals surface area contributed by atoms with Crippen LogP contribution in [0.2, 0.25) is 0 Å². The van der Waals surface area contributed by atoms with E-state index in [-0.39, 0.29) is 0 Å². The van der Waals surface area contributed by atoms with E-state index in [0.717, 1.165) is 50.3 Å². The van der Waals surface area contributed by atoms with Crippen LogP contribution in [0.25, 0.3) is 0 Å². The van der Waals surface area contributed by atoms with Crippen LogP contribution in [0.15, 0.2) is 12.3 Å².